The molecule has 0 N–H and O–H groups in total. The van der Waals surface area contributed by atoms with Crippen LogP contribution >= 0.6 is 0 Å². The number of aromatic nitrogens is 1. The molecule has 0 aliphatic rings. The summed E-state index contributed by atoms with van der Waals surface area (Å²) in [4.78, 5) is 0. The van der Waals surface area contributed by atoms with Crippen LogP contribution in [0.1, 0.15) is 0 Å². The monoisotopic (exact) mass is 124 g/mol. The number of ether oxygens (including phenoxy) is 1. The van der Waals surface area contributed by atoms with Gasteiger partial charge in [-0.05, 0) is 6.07 Å². The van der Waals surface area contributed by atoms with Crippen LogP contribution < -0.4 is 0 Å². The molecule has 0 atom stereocenters. The number of rotatable bonds is 3. The summed E-state index contributed by atoms with van der Waals surface area (Å²) in [6.07, 6.45) is 3.87. The van der Waals surface area contributed by atoms with Gasteiger partial charge in [0.25, 0.3) is 0 Å². The molecule has 0 saturated carbocycles. The minimum atomic E-state index is 0.766. The topological polar surface area (TPSA) is 14.2 Å². The van der Waals surface area contributed by atoms with E-state index in [2.05, 4.69) is 6.07 Å². The fourth-order valence-electron chi connectivity index (χ4n) is 0.656. The summed E-state index contributed by atoms with van der Waals surface area (Å²) in [5.74, 6) is 0. The van der Waals surface area contributed by atoms with Gasteiger partial charge in [0.1, 0.15) is 0 Å². The quantitative estimate of drug-likeness (QED) is 0.584. The average molecular weight is 124 g/mol. The normalized spacial score (nSPS) is 9.89. The van der Waals surface area contributed by atoms with Crippen molar-refractivity contribution in [3.8, 4) is 0 Å². The minimum Gasteiger partial charge on any atom is -0.383 e. The molecule has 0 amide bonds. The van der Waals surface area contributed by atoms with Crippen LogP contribution in [0.3, 0.4) is 0 Å². The second-order valence-corrected chi connectivity index (χ2v) is 1.84. The van der Waals surface area contributed by atoms with Crippen molar-refractivity contribution in [2.24, 2.45) is 0 Å². The Kier molecular flexibility index (Phi) is 2.33. The predicted octanol–water partition coefficient (Wildman–Crippen LogP) is 0.935. The Balaban J connectivity index is 2.30. The fraction of sp³-hybridized carbons (Fsp3) is 0.429. The molecule has 0 aromatic carbocycles. The molecule has 0 fully saturated rings. The SMILES string of the molecule is COCCn1c[c]cc1. The molecule has 1 heterocycles. The second kappa shape index (κ2) is 3.30. The van der Waals surface area contributed by atoms with E-state index in [0.717, 1.165) is 13.2 Å². The van der Waals surface area contributed by atoms with Gasteiger partial charge in [0, 0.05) is 32.1 Å². The van der Waals surface area contributed by atoms with Crippen molar-refractivity contribution in [3.63, 3.8) is 0 Å². The molecule has 1 aromatic rings. The highest BCUT2D eigenvalue weighted by atomic mass is 16.5. The number of nitrogens with zero attached hydrogens (tertiary/aromatic N) is 1. The molecular weight excluding hydrogens is 114 g/mol. The predicted molar refractivity (Wildman–Crippen MR) is 35.1 cm³/mol. The van der Waals surface area contributed by atoms with E-state index in [9.17, 15) is 0 Å². The van der Waals surface area contributed by atoms with Crippen LogP contribution in [0.15, 0.2) is 18.5 Å². The van der Waals surface area contributed by atoms with Gasteiger partial charge in [0.2, 0.25) is 0 Å². The Bertz CT molecular complexity index is 146. The highest BCUT2D eigenvalue weighted by molar-refractivity contribution is 4.87. The van der Waals surface area contributed by atoms with E-state index in [-0.39, 0.29) is 0 Å². The summed E-state index contributed by atoms with van der Waals surface area (Å²) in [5, 5.41) is 0. The first-order valence-electron chi connectivity index (χ1n) is 2.94. The van der Waals surface area contributed by atoms with E-state index in [1.807, 2.05) is 23.0 Å². The summed E-state index contributed by atoms with van der Waals surface area (Å²) in [6, 6.07) is 4.83. The summed E-state index contributed by atoms with van der Waals surface area (Å²) in [5.41, 5.74) is 0. The van der Waals surface area contributed by atoms with E-state index in [4.69, 9.17) is 4.74 Å². The van der Waals surface area contributed by atoms with Gasteiger partial charge in [0.15, 0.2) is 0 Å². The maximum Gasteiger partial charge on any atom is 0.0641 e. The first kappa shape index (κ1) is 6.36. The molecule has 1 rings (SSSR count). The highest BCUT2D eigenvalue weighted by Crippen LogP contribution is 1.87. The standard InChI is InChI=1S/C7H10NO/c1-9-7-6-8-4-2-3-5-8/h2,4-5H,6-7H2,1H3. The van der Waals surface area contributed by atoms with Crippen molar-refractivity contribution >= 4 is 0 Å². The molecule has 0 unspecified atom stereocenters. The van der Waals surface area contributed by atoms with Crippen molar-refractivity contribution in [3.05, 3.63) is 24.5 Å². The number of methoxy groups -OCH3 is 1. The molecule has 0 saturated heterocycles. The van der Waals surface area contributed by atoms with Gasteiger partial charge in [-0.25, -0.2) is 0 Å². The molecule has 2 heteroatoms. The van der Waals surface area contributed by atoms with E-state index in [1.54, 1.807) is 7.11 Å². The van der Waals surface area contributed by atoms with Crippen molar-refractivity contribution in [1.82, 2.24) is 4.57 Å². The van der Waals surface area contributed by atoms with Crippen LogP contribution in [0.5, 0.6) is 0 Å². The van der Waals surface area contributed by atoms with Crippen molar-refractivity contribution in [2.75, 3.05) is 13.7 Å². The third-order valence-electron chi connectivity index (χ3n) is 1.16. The lowest BCUT2D eigenvalue weighted by atomic mass is 10.7. The molecule has 0 aliphatic heterocycles. The summed E-state index contributed by atoms with van der Waals surface area (Å²) >= 11 is 0. The molecule has 0 bridgehead atoms. The first-order chi connectivity index (χ1) is 4.43. The van der Waals surface area contributed by atoms with Crippen LogP contribution in [0.4, 0.5) is 0 Å². The third kappa shape index (κ3) is 1.90. The average Bonchev–Trinajstić information content (AvgIpc) is 2.34. The van der Waals surface area contributed by atoms with Crippen LogP contribution in [-0.4, -0.2) is 18.3 Å². The Labute approximate surface area is 55.1 Å². The molecule has 49 valence electrons. The second-order valence-electron chi connectivity index (χ2n) is 1.84. The molecule has 1 radical (unpaired) electrons. The van der Waals surface area contributed by atoms with Crippen LogP contribution in [-0.2, 0) is 11.3 Å². The molecule has 0 spiro atoms. The number of hydrogen-bond donors (Lipinski definition) is 0. The zero-order valence-corrected chi connectivity index (χ0v) is 5.50. The lowest BCUT2D eigenvalue weighted by Crippen LogP contribution is -2.00. The van der Waals surface area contributed by atoms with E-state index in [1.165, 1.54) is 0 Å². The maximum absolute atomic E-state index is 4.88. The molecule has 9 heavy (non-hydrogen) atoms. The zero-order valence-electron chi connectivity index (χ0n) is 5.50. The Morgan fingerprint density at radius 3 is 3.11 bits per heavy atom. The van der Waals surface area contributed by atoms with Crippen molar-refractivity contribution < 1.29 is 4.74 Å². The van der Waals surface area contributed by atoms with Gasteiger partial charge in [-0.2, -0.15) is 0 Å². The maximum atomic E-state index is 4.88. The zero-order chi connectivity index (χ0) is 6.53. The molecule has 1 aromatic heterocycles. The van der Waals surface area contributed by atoms with Gasteiger partial charge in [-0.15, -0.1) is 0 Å². The van der Waals surface area contributed by atoms with Gasteiger partial charge >= 0.3 is 0 Å². The molecule has 2 nitrogen and oxygen atoms in total. The van der Waals surface area contributed by atoms with E-state index in [0.29, 0.717) is 0 Å². The van der Waals surface area contributed by atoms with Gasteiger partial charge in [0.05, 0.1) is 6.61 Å². The summed E-state index contributed by atoms with van der Waals surface area (Å²) in [7, 11) is 1.70. The van der Waals surface area contributed by atoms with Crippen molar-refractivity contribution in [1.29, 1.82) is 0 Å². The van der Waals surface area contributed by atoms with Gasteiger partial charge < -0.3 is 9.30 Å². The largest absolute Gasteiger partial charge is 0.383 e. The van der Waals surface area contributed by atoms with Crippen molar-refractivity contribution in [2.45, 2.75) is 6.54 Å². The van der Waals surface area contributed by atoms with Crippen LogP contribution in [0, 0.1) is 6.07 Å². The van der Waals surface area contributed by atoms with E-state index < -0.39 is 0 Å². The van der Waals surface area contributed by atoms with Crippen LogP contribution in [0.25, 0.3) is 0 Å². The number of hydrogen-bond acceptors (Lipinski definition) is 1. The first-order valence-corrected chi connectivity index (χ1v) is 2.94. The smallest absolute Gasteiger partial charge is 0.0641 e. The lowest BCUT2D eigenvalue weighted by Gasteiger charge is -1.98. The summed E-state index contributed by atoms with van der Waals surface area (Å²) < 4.78 is 6.91. The van der Waals surface area contributed by atoms with E-state index >= 15 is 0 Å². The Morgan fingerprint density at radius 1 is 1.67 bits per heavy atom. The third-order valence-corrected chi connectivity index (χ3v) is 1.16. The highest BCUT2D eigenvalue weighted by Gasteiger charge is 1.84. The van der Waals surface area contributed by atoms with Gasteiger partial charge in [-0.3, -0.25) is 0 Å². The van der Waals surface area contributed by atoms with Crippen LogP contribution in [0.2, 0.25) is 0 Å². The van der Waals surface area contributed by atoms with Gasteiger partial charge in [-0.1, -0.05) is 0 Å². The Hall–Kier alpha value is -0.760. The summed E-state index contributed by atoms with van der Waals surface area (Å²) in [6.45, 7) is 1.68. The lowest BCUT2D eigenvalue weighted by molar-refractivity contribution is 0.187. The Morgan fingerprint density at radius 2 is 2.56 bits per heavy atom. The molecular formula is C7H10NO. The minimum absolute atomic E-state index is 0.766. The fourth-order valence-corrected chi connectivity index (χ4v) is 0.656. The molecule has 0 aliphatic carbocycles.